The van der Waals surface area contributed by atoms with E-state index in [1.807, 2.05) is 26.2 Å². The van der Waals surface area contributed by atoms with Crippen molar-refractivity contribution in [3.63, 3.8) is 0 Å². The molecule has 1 atom stereocenters. The van der Waals surface area contributed by atoms with E-state index in [4.69, 9.17) is 17.0 Å². The van der Waals surface area contributed by atoms with Crippen molar-refractivity contribution in [1.29, 1.82) is 0 Å². The fraction of sp³-hybridized carbons (Fsp3) is 0.625. The van der Waals surface area contributed by atoms with Crippen molar-refractivity contribution in [2.24, 2.45) is 5.92 Å². The first-order valence-corrected chi connectivity index (χ1v) is 8.55. The van der Waals surface area contributed by atoms with Crippen LogP contribution in [0.5, 0.6) is 0 Å². The van der Waals surface area contributed by atoms with Gasteiger partial charge in [0, 0.05) is 30.8 Å². The number of Topliss-reactive ketones (excluding diaryl/α,β-unsaturated/α-hetero) is 1. The van der Waals surface area contributed by atoms with Crippen LogP contribution in [0.15, 0.2) is 23.5 Å². The zero-order valence-corrected chi connectivity index (χ0v) is 15.2. The first kappa shape index (κ1) is 16.7. The fourth-order valence-corrected chi connectivity index (χ4v) is 3.22. The van der Waals surface area contributed by atoms with E-state index in [1.54, 1.807) is 4.90 Å². The Labute approximate surface area is 140 Å². The molecule has 0 N–H and O–H groups in total. The lowest BCUT2D eigenvalue weighted by Crippen LogP contribution is -2.28. The van der Waals surface area contributed by atoms with E-state index in [2.05, 4.69) is 22.9 Å². The van der Waals surface area contributed by atoms with Crippen LogP contribution < -0.4 is 0 Å². The number of thiocarbonyl (C=S) groups is 1. The van der Waals surface area contributed by atoms with Crippen LogP contribution in [-0.4, -0.2) is 34.3 Å². The van der Waals surface area contributed by atoms with Gasteiger partial charge in [0.05, 0.1) is 5.57 Å². The minimum absolute atomic E-state index is 0.149. The van der Waals surface area contributed by atoms with Crippen molar-refractivity contribution >= 4 is 39.1 Å². The molecule has 1 saturated carbocycles. The summed E-state index contributed by atoms with van der Waals surface area (Å²) in [7, 11) is 3.68. The van der Waals surface area contributed by atoms with E-state index in [0.29, 0.717) is 22.9 Å². The van der Waals surface area contributed by atoms with Gasteiger partial charge in [-0.15, -0.1) is 0 Å². The molecule has 0 heterocycles. The van der Waals surface area contributed by atoms with Gasteiger partial charge in [-0.3, -0.25) is 4.79 Å². The highest BCUT2D eigenvalue weighted by Crippen LogP contribution is 2.37. The standard InChI is InChI=1S/C16H22BrNO2S/c1-16(17)9-8-12(14(19)11-6-4-5-7-11)13(10-16)20-15(21)18(2)3/h8-9,11H,4-7,10H2,1-3H3. The molecule has 0 aromatic rings. The van der Waals surface area contributed by atoms with E-state index in [0.717, 1.165) is 25.7 Å². The first-order valence-electron chi connectivity index (χ1n) is 7.35. The summed E-state index contributed by atoms with van der Waals surface area (Å²) in [4.78, 5) is 14.5. The van der Waals surface area contributed by atoms with Crippen molar-refractivity contribution in [2.45, 2.75) is 43.4 Å². The summed E-state index contributed by atoms with van der Waals surface area (Å²) in [6.07, 6.45) is 8.84. The van der Waals surface area contributed by atoms with Crippen molar-refractivity contribution in [3.8, 4) is 0 Å². The molecule has 21 heavy (non-hydrogen) atoms. The zero-order valence-electron chi connectivity index (χ0n) is 12.8. The smallest absolute Gasteiger partial charge is 0.264 e. The average Bonchev–Trinajstić information content (AvgIpc) is 2.90. The van der Waals surface area contributed by atoms with E-state index in [1.165, 1.54) is 0 Å². The number of hydrogen-bond donors (Lipinski definition) is 0. The Morgan fingerprint density at radius 1 is 1.43 bits per heavy atom. The van der Waals surface area contributed by atoms with Crippen molar-refractivity contribution < 1.29 is 9.53 Å². The monoisotopic (exact) mass is 371 g/mol. The molecular formula is C16H22BrNO2S. The van der Waals surface area contributed by atoms with Crippen molar-refractivity contribution in [2.75, 3.05) is 14.1 Å². The third-order valence-corrected chi connectivity index (χ3v) is 4.96. The zero-order chi connectivity index (χ0) is 15.6. The Morgan fingerprint density at radius 2 is 2.05 bits per heavy atom. The van der Waals surface area contributed by atoms with E-state index >= 15 is 0 Å². The third kappa shape index (κ3) is 4.16. The Hall–Kier alpha value is -0.680. The molecule has 0 aromatic carbocycles. The number of allylic oxidation sites excluding steroid dienone is 4. The molecule has 116 valence electrons. The molecular weight excluding hydrogens is 350 g/mol. The highest BCUT2D eigenvalue weighted by molar-refractivity contribution is 9.10. The number of ketones is 1. The lowest BCUT2D eigenvalue weighted by molar-refractivity contribution is -0.118. The lowest BCUT2D eigenvalue weighted by Gasteiger charge is -2.28. The molecule has 0 amide bonds. The van der Waals surface area contributed by atoms with Crippen molar-refractivity contribution in [1.82, 2.24) is 4.90 Å². The molecule has 0 radical (unpaired) electrons. The highest BCUT2D eigenvalue weighted by atomic mass is 79.9. The molecule has 0 saturated heterocycles. The number of nitrogens with zero attached hydrogens (tertiary/aromatic N) is 1. The molecule has 2 aliphatic carbocycles. The van der Waals surface area contributed by atoms with Crippen LogP contribution in [0, 0.1) is 5.92 Å². The van der Waals surface area contributed by atoms with Crippen molar-refractivity contribution in [3.05, 3.63) is 23.5 Å². The minimum Gasteiger partial charge on any atom is -0.436 e. The predicted molar refractivity (Wildman–Crippen MR) is 92.5 cm³/mol. The largest absolute Gasteiger partial charge is 0.436 e. The average molecular weight is 372 g/mol. The Bertz CT molecular complexity index is 502. The number of carbonyl (C=O) groups excluding carboxylic acids is 1. The van der Waals surface area contributed by atoms with Gasteiger partial charge in [-0.05, 0) is 32.0 Å². The molecule has 5 heteroatoms. The van der Waals surface area contributed by atoms with Crippen LogP contribution in [0.25, 0.3) is 0 Å². The maximum absolute atomic E-state index is 12.7. The van der Waals surface area contributed by atoms with Gasteiger partial charge in [-0.1, -0.05) is 40.9 Å². The molecule has 2 aliphatic rings. The van der Waals surface area contributed by atoms with Crippen LogP contribution >= 0.6 is 28.1 Å². The molecule has 0 bridgehead atoms. The van der Waals surface area contributed by atoms with E-state index < -0.39 is 0 Å². The van der Waals surface area contributed by atoms with Gasteiger partial charge in [0.15, 0.2) is 5.78 Å². The second kappa shape index (κ2) is 6.61. The fourth-order valence-electron chi connectivity index (χ4n) is 2.73. The summed E-state index contributed by atoms with van der Waals surface area (Å²) in [5.74, 6) is 1.05. The number of alkyl halides is 1. The predicted octanol–water partition coefficient (Wildman–Crippen LogP) is 3.98. The summed E-state index contributed by atoms with van der Waals surface area (Å²) in [6, 6.07) is 0. The van der Waals surface area contributed by atoms with Crippen LogP contribution in [0.2, 0.25) is 0 Å². The lowest BCUT2D eigenvalue weighted by atomic mass is 9.88. The van der Waals surface area contributed by atoms with Gasteiger partial charge < -0.3 is 9.64 Å². The minimum atomic E-state index is -0.191. The van der Waals surface area contributed by atoms with Gasteiger partial charge in [0.25, 0.3) is 5.17 Å². The van der Waals surface area contributed by atoms with Crippen LogP contribution in [0.3, 0.4) is 0 Å². The van der Waals surface area contributed by atoms with E-state index in [9.17, 15) is 4.79 Å². The maximum atomic E-state index is 12.7. The van der Waals surface area contributed by atoms with Crippen LogP contribution in [-0.2, 0) is 9.53 Å². The van der Waals surface area contributed by atoms with Gasteiger partial charge in [-0.25, -0.2) is 0 Å². The summed E-state index contributed by atoms with van der Waals surface area (Å²) < 4.78 is 5.63. The normalized spacial score (nSPS) is 26.1. The maximum Gasteiger partial charge on any atom is 0.264 e. The summed E-state index contributed by atoms with van der Waals surface area (Å²) >= 11 is 8.88. The number of rotatable bonds is 3. The first-order chi connectivity index (χ1) is 9.80. The molecule has 1 fully saturated rings. The summed E-state index contributed by atoms with van der Waals surface area (Å²) in [6.45, 7) is 2.06. The second-order valence-electron chi connectivity index (χ2n) is 6.23. The van der Waals surface area contributed by atoms with Crippen LogP contribution in [0.1, 0.15) is 39.0 Å². The second-order valence-corrected chi connectivity index (χ2v) is 8.39. The Balaban J connectivity index is 2.26. The number of halogens is 1. The Morgan fingerprint density at radius 3 is 2.62 bits per heavy atom. The quantitative estimate of drug-likeness (QED) is 0.554. The van der Waals surface area contributed by atoms with E-state index in [-0.39, 0.29) is 16.0 Å². The van der Waals surface area contributed by atoms with Gasteiger partial charge in [0.2, 0.25) is 0 Å². The van der Waals surface area contributed by atoms with Crippen LogP contribution in [0.4, 0.5) is 0 Å². The number of hydrogen-bond acceptors (Lipinski definition) is 3. The molecule has 1 unspecified atom stereocenters. The topological polar surface area (TPSA) is 29.5 Å². The molecule has 3 nitrogen and oxygen atoms in total. The third-order valence-electron chi connectivity index (χ3n) is 3.97. The number of ether oxygens (including phenoxy) is 1. The van der Waals surface area contributed by atoms with Gasteiger partial charge >= 0.3 is 0 Å². The van der Waals surface area contributed by atoms with Gasteiger partial charge in [-0.2, -0.15) is 0 Å². The summed E-state index contributed by atoms with van der Waals surface area (Å²) in [5, 5.41) is 0.389. The SMILES string of the molecule is CN(C)C(=S)OC1=C(C(=O)C2CCCC2)C=CC(C)(Br)C1. The summed E-state index contributed by atoms with van der Waals surface area (Å²) in [5.41, 5.74) is 0.697. The number of carbonyl (C=O) groups is 1. The molecule has 0 spiro atoms. The Kier molecular flexibility index (Phi) is 5.25. The van der Waals surface area contributed by atoms with Gasteiger partial charge in [0.1, 0.15) is 5.76 Å². The molecule has 0 aromatic heterocycles. The highest BCUT2D eigenvalue weighted by Gasteiger charge is 2.33. The molecule has 2 rings (SSSR count). The molecule has 0 aliphatic heterocycles.